The second-order valence-corrected chi connectivity index (χ2v) is 8.03. The molecule has 0 amide bonds. The maximum absolute atomic E-state index is 6.02. The topological polar surface area (TPSA) is 103 Å². The SMILES string of the molecule is COC(c1ccc(Cl)cc1)c1nnc2cc(-c3ccnc(NC4CC[OH+]CC4)n3)cnn12. The second-order valence-electron chi connectivity index (χ2n) is 7.59. The molecule has 4 aromatic rings. The van der Waals surface area contributed by atoms with Crippen LogP contribution in [0.1, 0.15) is 30.3 Å². The quantitative estimate of drug-likeness (QED) is 0.448. The molecule has 0 bridgehead atoms. The Morgan fingerprint density at radius 3 is 2.75 bits per heavy atom. The fourth-order valence-electron chi connectivity index (χ4n) is 3.81. The van der Waals surface area contributed by atoms with Gasteiger partial charge in [0.25, 0.3) is 0 Å². The van der Waals surface area contributed by atoms with Crippen molar-refractivity contribution in [3.63, 3.8) is 0 Å². The molecule has 10 heteroatoms. The van der Waals surface area contributed by atoms with Gasteiger partial charge >= 0.3 is 0 Å². The van der Waals surface area contributed by atoms with Crippen molar-refractivity contribution in [2.45, 2.75) is 25.0 Å². The van der Waals surface area contributed by atoms with Crippen LogP contribution in [-0.4, -0.2) is 60.9 Å². The van der Waals surface area contributed by atoms with E-state index in [9.17, 15) is 0 Å². The zero-order valence-electron chi connectivity index (χ0n) is 17.5. The first-order valence-electron chi connectivity index (χ1n) is 10.4. The summed E-state index contributed by atoms with van der Waals surface area (Å²) in [5, 5.41) is 17.3. The van der Waals surface area contributed by atoms with E-state index in [1.165, 1.54) is 0 Å². The van der Waals surface area contributed by atoms with Crippen LogP contribution in [0, 0.1) is 0 Å². The third-order valence-electron chi connectivity index (χ3n) is 5.48. The molecule has 3 aromatic heterocycles. The van der Waals surface area contributed by atoms with Crippen LogP contribution < -0.4 is 5.32 Å². The van der Waals surface area contributed by atoms with Crippen molar-refractivity contribution in [1.29, 1.82) is 0 Å². The summed E-state index contributed by atoms with van der Waals surface area (Å²) >= 11 is 6.02. The molecule has 1 aliphatic heterocycles. The normalized spacial score (nSPS) is 15.7. The van der Waals surface area contributed by atoms with Gasteiger partial charge < -0.3 is 14.8 Å². The van der Waals surface area contributed by atoms with E-state index in [2.05, 4.69) is 35.3 Å². The van der Waals surface area contributed by atoms with Gasteiger partial charge in [-0.25, -0.2) is 9.97 Å². The van der Waals surface area contributed by atoms with Crippen LogP contribution in [-0.2, 0) is 4.74 Å². The molecule has 1 atom stereocenters. The van der Waals surface area contributed by atoms with Gasteiger partial charge in [0.15, 0.2) is 11.5 Å². The highest BCUT2D eigenvalue weighted by atomic mass is 35.5. The number of nitrogens with one attached hydrogen (secondary N) is 1. The van der Waals surface area contributed by atoms with Gasteiger partial charge in [0.1, 0.15) is 19.3 Å². The molecule has 4 heterocycles. The number of nitrogens with zero attached hydrogens (tertiary/aromatic N) is 6. The monoisotopic (exact) mass is 452 g/mol. The number of rotatable bonds is 6. The fourth-order valence-corrected chi connectivity index (χ4v) is 3.93. The summed E-state index contributed by atoms with van der Waals surface area (Å²) in [6, 6.07) is 11.6. The summed E-state index contributed by atoms with van der Waals surface area (Å²) in [4.78, 5) is 9.04. The molecule has 0 saturated carbocycles. The summed E-state index contributed by atoms with van der Waals surface area (Å²) in [6.07, 6.45) is 5.08. The van der Waals surface area contributed by atoms with Crippen LogP contribution in [0.15, 0.2) is 48.8 Å². The van der Waals surface area contributed by atoms with Crippen LogP contribution in [0.4, 0.5) is 5.95 Å². The average Bonchev–Trinajstić information content (AvgIpc) is 3.25. The second kappa shape index (κ2) is 9.15. The third kappa shape index (κ3) is 4.27. The molecule has 1 aliphatic rings. The molecule has 0 spiro atoms. The van der Waals surface area contributed by atoms with E-state index < -0.39 is 6.10 Å². The molecule has 32 heavy (non-hydrogen) atoms. The zero-order valence-corrected chi connectivity index (χ0v) is 18.3. The number of fused-ring (bicyclic) bond motifs is 1. The minimum atomic E-state index is -0.419. The first-order chi connectivity index (χ1) is 15.7. The molecular weight excluding hydrogens is 430 g/mol. The number of hydrogen-bond acceptors (Lipinski definition) is 7. The maximum Gasteiger partial charge on any atom is 0.223 e. The van der Waals surface area contributed by atoms with Crippen LogP contribution in [0.2, 0.25) is 5.02 Å². The minimum Gasteiger partial charge on any atom is -0.434 e. The Balaban J connectivity index is 1.42. The maximum atomic E-state index is 6.02. The highest BCUT2D eigenvalue weighted by Gasteiger charge is 2.21. The number of halogens is 1. The van der Waals surface area contributed by atoms with Gasteiger partial charge in [-0.2, -0.15) is 9.61 Å². The van der Waals surface area contributed by atoms with Gasteiger partial charge in [-0.15, -0.1) is 10.2 Å². The number of aromatic nitrogens is 6. The lowest BCUT2D eigenvalue weighted by molar-refractivity contribution is -0.0654. The molecule has 0 aliphatic carbocycles. The summed E-state index contributed by atoms with van der Waals surface area (Å²) < 4.78 is 11.8. The molecule has 1 unspecified atom stereocenters. The fraction of sp³-hybridized carbons (Fsp3) is 0.318. The predicted octanol–water partition coefficient (Wildman–Crippen LogP) is 3.07. The van der Waals surface area contributed by atoms with E-state index in [0.29, 0.717) is 28.5 Å². The van der Waals surface area contributed by atoms with Crippen molar-refractivity contribution < 1.29 is 9.47 Å². The van der Waals surface area contributed by atoms with Crippen LogP contribution in [0.3, 0.4) is 0 Å². The van der Waals surface area contributed by atoms with E-state index in [0.717, 1.165) is 42.9 Å². The van der Waals surface area contributed by atoms with E-state index in [4.69, 9.17) is 16.3 Å². The highest BCUT2D eigenvalue weighted by Crippen LogP contribution is 2.26. The highest BCUT2D eigenvalue weighted by molar-refractivity contribution is 6.30. The van der Waals surface area contributed by atoms with Crippen LogP contribution >= 0.6 is 11.6 Å². The van der Waals surface area contributed by atoms with Crippen LogP contribution in [0.25, 0.3) is 16.9 Å². The van der Waals surface area contributed by atoms with Gasteiger partial charge in [0.2, 0.25) is 5.95 Å². The Kier molecular flexibility index (Phi) is 5.93. The molecule has 1 aromatic carbocycles. The Morgan fingerprint density at radius 2 is 1.97 bits per heavy atom. The number of benzene rings is 1. The number of ether oxygens (including phenoxy) is 2. The van der Waals surface area contributed by atoms with E-state index >= 15 is 0 Å². The van der Waals surface area contributed by atoms with Crippen LogP contribution in [0.5, 0.6) is 0 Å². The van der Waals surface area contributed by atoms with Gasteiger partial charge in [-0.1, -0.05) is 23.7 Å². The van der Waals surface area contributed by atoms with Crippen molar-refractivity contribution in [2.24, 2.45) is 0 Å². The van der Waals surface area contributed by atoms with E-state index in [-0.39, 0.29) is 0 Å². The van der Waals surface area contributed by atoms with Gasteiger partial charge in [-0.3, -0.25) is 0 Å². The Morgan fingerprint density at radius 1 is 1.16 bits per heavy atom. The summed E-state index contributed by atoms with van der Waals surface area (Å²) in [5.74, 6) is 1.20. The summed E-state index contributed by atoms with van der Waals surface area (Å²) in [5.41, 5.74) is 3.12. The van der Waals surface area contributed by atoms with Gasteiger partial charge in [0, 0.05) is 42.8 Å². The molecule has 5 rings (SSSR count). The largest absolute Gasteiger partial charge is 0.434 e. The van der Waals surface area contributed by atoms with E-state index in [1.807, 2.05) is 36.4 Å². The lowest BCUT2D eigenvalue weighted by Crippen LogP contribution is -2.30. The first-order valence-corrected chi connectivity index (χ1v) is 10.8. The predicted molar refractivity (Wildman–Crippen MR) is 121 cm³/mol. The number of anilines is 1. The molecule has 164 valence electrons. The van der Waals surface area contributed by atoms with E-state index in [1.54, 1.807) is 24.0 Å². The summed E-state index contributed by atoms with van der Waals surface area (Å²) in [6.45, 7) is 1.76. The van der Waals surface area contributed by atoms with Crippen molar-refractivity contribution in [3.05, 3.63) is 65.2 Å². The van der Waals surface area contributed by atoms with Gasteiger partial charge in [-0.05, 0) is 29.8 Å². The average molecular weight is 453 g/mol. The Labute approximate surface area is 189 Å². The summed E-state index contributed by atoms with van der Waals surface area (Å²) in [7, 11) is 1.63. The smallest absolute Gasteiger partial charge is 0.223 e. The van der Waals surface area contributed by atoms with Crippen molar-refractivity contribution >= 4 is 23.2 Å². The third-order valence-corrected chi connectivity index (χ3v) is 5.74. The molecule has 0 radical (unpaired) electrons. The lowest BCUT2D eigenvalue weighted by atomic mass is 10.1. The number of aliphatic hydroxyl groups is 2. The molecular formula is C22H23ClN7O2+. The van der Waals surface area contributed by atoms with Crippen molar-refractivity contribution in [2.75, 3.05) is 25.6 Å². The molecule has 1 saturated heterocycles. The lowest BCUT2D eigenvalue weighted by Gasteiger charge is -2.20. The Hall–Kier alpha value is -3.14. The number of methoxy groups -OCH3 is 1. The molecule has 9 nitrogen and oxygen atoms in total. The molecule has 2 N–H and O–H groups in total. The van der Waals surface area contributed by atoms with Gasteiger partial charge in [0.05, 0.1) is 11.9 Å². The molecule has 1 fully saturated rings. The van der Waals surface area contributed by atoms with Crippen molar-refractivity contribution in [1.82, 2.24) is 29.8 Å². The zero-order chi connectivity index (χ0) is 21.9. The number of hydrogen-bond donors (Lipinski definition) is 1. The minimum absolute atomic E-state index is 0.348. The Bertz CT molecular complexity index is 1210. The van der Waals surface area contributed by atoms with Crippen molar-refractivity contribution in [3.8, 4) is 11.3 Å². The standard InChI is InChI=1S/C22H22ClN7O2/c1-31-20(14-2-4-16(23)5-3-14)21-29-28-19-12-15(13-25-30(19)21)18-6-9-24-22(27-18)26-17-7-10-32-11-8-17/h2-6,9,12-13,17,20H,7-8,10-11H2,1H3,(H,24,26,27)/p+1. The first kappa shape index (κ1) is 20.7.